The molecule has 29 heavy (non-hydrogen) atoms. The smallest absolute Gasteiger partial charge is 0.429 e. The number of hydrogen-bond acceptors (Lipinski definition) is 3. The first-order chi connectivity index (χ1) is 13.0. The Hall–Kier alpha value is -2.09. The fourth-order valence-electron chi connectivity index (χ4n) is 1.97. The summed E-state index contributed by atoms with van der Waals surface area (Å²) in [6.07, 6.45) is -7.20. The molecule has 0 aliphatic heterocycles. The lowest BCUT2D eigenvalue weighted by Gasteiger charge is -2.32. The second kappa shape index (κ2) is 7.97. The minimum Gasteiger partial charge on any atom is -0.429 e. The fraction of sp³-hybridized carbons (Fsp3) is 0.467. The molecule has 0 aromatic heterocycles. The molecular weight excluding hydrogens is 437 g/mol. The summed E-state index contributed by atoms with van der Waals surface area (Å²) in [4.78, 5) is 0. The summed E-state index contributed by atoms with van der Waals surface area (Å²) in [7, 11) is 0. The molecule has 0 aliphatic carbocycles. The number of allylic oxidation sites excluding steroid dienone is 1. The van der Waals surface area contributed by atoms with Gasteiger partial charge in [0.2, 0.25) is 5.83 Å². The average Bonchev–Trinajstić information content (AvgIpc) is 2.60. The van der Waals surface area contributed by atoms with Crippen LogP contribution in [0.4, 0.5) is 48.3 Å². The van der Waals surface area contributed by atoms with Crippen molar-refractivity contribution in [2.24, 2.45) is 0 Å². The third-order valence-corrected chi connectivity index (χ3v) is 3.63. The van der Waals surface area contributed by atoms with Gasteiger partial charge in [-0.25, -0.2) is 0 Å². The summed E-state index contributed by atoms with van der Waals surface area (Å²) >= 11 is 0. The van der Waals surface area contributed by atoms with E-state index in [-0.39, 0.29) is 16.7 Å². The van der Waals surface area contributed by atoms with E-state index in [0.717, 1.165) is 13.0 Å². The van der Waals surface area contributed by atoms with Gasteiger partial charge in [0.1, 0.15) is 5.75 Å². The van der Waals surface area contributed by atoms with E-state index in [9.17, 15) is 48.3 Å². The molecule has 14 heteroatoms. The number of aliphatic hydroxyl groups is 2. The number of aryl methyl sites for hydroxylation is 1. The van der Waals surface area contributed by atoms with Crippen molar-refractivity contribution < 1.29 is 63.2 Å². The highest BCUT2D eigenvalue weighted by atomic mass is 19.4. The zero-order valence-corrected chi connectivity index (χ0v) is 14.0. The molecule has 0 saturated carbocycles. The maximum absolute atomic E-state index is 13.6. The van der Waals surface area contributed by atoms with Crippen LogP contribution in [0.5, 0.6) is 5.75 Å². The number of benzene rings is 1. The number of ether oxygens (including phenoxy) is 1. The third kappa shape index (κ3) is 4.27. The summed E-state index contributed by atoms with van der Waals surface area (Å²) in [6, 6.07) is -1.54. The molecule has 1 aromatic carbocycles. The molecule has 0 atom stereocenters. The van der Waals surface area contributed by atoms with Gasteiger partial charge in [-0.1, -0.05) is 0 Å². The minimum absolute atomic E-state index is 0.0314. The van der Waals surface area contributed by atoms with Gasteiger partial charge in [0.25, 0.3) is 0 Å². The Morgan fingerprint density at radius 3 is 1.69 bits per heavy atom. The summed E-state index contributed by atoms with van der Waals surface area (Å²) in [5.74, 6) is -26.7. The predicted molar refractivity (Wildman–Crippen MR) is 73.8 cm³/mol. The summed E-state index contributed by atoms with van der Waals surface area (Å²) in [5.41, 5.74) is -0.379. The average molecular weight is 448 g/mol. The van der Waals surface area contributed by atoms with Crippen LogP contribution in [0.1, 0.15) is 16.7 Å². The van der Waals surface area contributed by atoms with Crippen LogP contribution < -0.4 is 4.74 Å². The van der Waals surface area contributed by atoms with Gasteiger partial charge in [-0.15, -0.1) is 0 Å². The van der Waals surface area contributed by atoms with Gasteiger partial charge in [-0.05, 0) is 35.7 Å². The fourth-order valence-corrected chi connectivity index (χ4v) is 1.97. The van der Waals surface area contributed by atoms with E-state index in [1.54, 1.807) is 0 Å². The van der Waals surface area contributed by atoms with Crippen molar-refractivity contribution >= 4 is 0 Å². The highest BCUT2D eigenvalue weighted by Gasteiger charge is 2.83. The van der Waals surface area contributed by atoms with Crippen LogP contribution in [0, 0.1) is 6.92 Å². The highest BCUT2D eigenvalue weighted by molar-refractivity contribution is 5.42. The van der Waals surface area contributed by atoms with Crippen molar-refractivity contribution in [3.8, 4) is 5.75 Å². The van der Waals surface area contributed by atoms with E-state index in [0.29, 0.717) is 6.07 Å². The highest BCUT2D eigenvalue weighted by Crippen LogP contribution is 2.55. The lowest BCUT2D eigenvalue weighted by Crippen LogP contribution is -2.61. The first-order valence-corrected chi connectivity index (χ1v) is 7.23. The van der Waals surface area contributed by atoms with Crippen LogP contribution in [0.3, 0.4) is 0 Å². The number of rotatable bonds is 7. The molecule has 0 fully saturated rings. The van der Waals surface area contributed by atoms with E-state index < -0.39 is 54.7 Å². The molecule has 0 amide bonds. The largest absolute Gasteiger partial charge is 0.460 e. The monoisotopic (exact) mass is 448 g/mol. The lowest BCUT2D eigenvalue weighted by molar-refractivity contribution is -0.392. The van der Waals surface area contributed by atoms with E-state index in [4.69, 9.17) is 10.2 Å². The molecule has 0 bridgehead atoms. The van der Waals surface area contributed by atoms with Gasteiger partial charge < -0.3 is 14.9 Å². The molecule has 1 aromatic rings. The van der Waals surface area contributed by atoms with Crippen LogP contribution in [-0.2, 0) is 13.2 Å². The number of aliphatic hydroxyl groups excluding tert-OH is 2. The maximum Gasteiger partial charge on any atom is 0.460 e. The van der Waals surface area contributed by atoms with Gasteiger partial charge in [-0.3, -0.25) is 0 Å². The first kappa shape index (κ1) is 24.9. The third-order valence-electron chi connectivity index (χ3n) is 3.63. The van der Waals surface area contributed by atoms with Crippen molar-refractivity contribution in [1.82, 2.24) is 0 Å². The van der Waals surface area contributed by atoms with Gasteiger partial charge in [-0.2, -0.15) is 48.3 Å². The Morgan fingerprint density at radius 2 is 1.28 bits per heavy atom. The van der Waals surface area contributed by atoms with Gasteiger partial charge >= 0.3 is 30.0 Å². The molecular formula is C15H11F11O3. The van der Waals surface area contributed by atoms with Crippen LogP contribution in [0.15, 0.2) is 24.0 Å². The molecule has 0 unspecified atom stereocenters. The number of alkyl halides is 9. The van der Waals surface area contributed by atoms with Crippen LogP contribution in [0.2, 0.25) is 0 Å². The minimum atomic E-state index is -7.41. The zero-order valence-electron chi connectivity index (χ0n) is 14.0. The topological polar surface area (TPSA) is 49.7 Å². The van der Waals surface area contributed by atoms with E-state index >= 15 is 0 Å². The van der Waals surface area contributed by atoms with Crippen molar-refractivity contribution in [1.29, 1.82) is 0 Å². The lowest BCUT2D eigenvalue weighted by atomic mass is 10.0. The Labute approximate surface area is 155 Å². The Bertz CT molecular complexity index is 784. The zero-order chi connectivity index (χ0) is 23.0. The van der Waals surface area contributed by atoms with Gasteiger partial charge in [0, 0.05) is 0 Å². The molecule has 1 rings (SSSR count). The molecule has 0 radical (unpaired) electrons. The molecule has 0 aliphatic rings. The van der Waals surface area contributed by atoms with Gasteiger partial charge in [0.05, 0.1) is 13.2 Å². The molecule has 0 heterocycles. The second-order valence-corrected chi connectivity index (χ2v) is 5.61. The Kier molecular flexibility index (Phi) is 6.86. The summed E-state index contributed by atoms with van der Waals surface area (Å²) < 4.78 is 146. The predicted octanol–water partition coefficient (Wildman–Crippen LogP) is 4.93. The first-order valence-electron chi connectivity index (χ1n) is 7.23. The van der Waals surface area contributed by atoms with Crippen molar-refractivity contribution in [2.75, 3.05) is 0 Å². The van der Waals surface area contributed by atoms with E-state index in [1.165, 1.54) is 0 Å². The molecule has 0 saturated heterocycles. The van der Waals surface area contributed by atoms with Crippen molar-refractivity contribution in [2.45, 2.75) is 44.1 Å². The maximum atomic E-state index is 13.6. The van der Waals surface area contributed by atoms with Crippen molar-refractivity contribution in [3.63, 3.8) is 0 Å². The van der Waals surface area contributed by atoms with Crippen LogP contribution >= 0.6 is 0 Å². The standard InChI is InChI=1S/C15H11F11O3/c1-6-2-7(4-27)8(5-28)3-9(6)29-11(17)10(16)12(18,19)13(20,21)14(22,23)15(24,25)26/h2-3,27-28H,4-5H2,1H3. The van der Waals surface area contributed by atoms with Gasteiger partial charge in [0.15, 0.2) is 0 Å². The molecule has 2 N–H and O–H groups in total. The van der Waals surface area contributed by atoms with Crippen molar-refractivity contribution in [3.05, 3.63) is 40.7 Å². The van der Waals surface area contributed by atoms with E-state index in [2.05, 4.69) is 4.74 Å². The summed E-state index contributed by atoms with van der Waals surface area (Å²) in [5, 5.41) is 18.1. The Morgan fingerprint density at radius 1 is 0.828 bits per heavy atom. The van der Waals surface area contributed by atoms with E-state index in [1.807, 2.05) is 0 Å². The number of hydrogen-bond donors (Lipinski definition) is 2. The summed E-state index contributed by atoms with van der Waals surface area (Å²) in [6.45, 7) is -0.418. The van der Waals surface area contributed by atoms with Crippen LogP contribution in [0.25, 0.3) is 0 Å². The number of halogens is 11. The normalized spacial score (nSPS) is 14.7. The SMILES string of the molecule is Cc1cc(CO)c(CO)cc1OC(F)=C(F)C(F)(F)C(F)(F)C(F)(F)C(F)(F)F. The Balaban J connectivity index is 3.42. The second-order valence-electron chi connectivity index (χ2n) is 5.61. The van der Waals surface area contributed by atoms with Crippen LogP contribution in [-0.4, -0.2) is 34.2 Å². The molecule has 0 spiro atoms. The molecule has 166 valence electrons. The molecule has 3 nitrogen and oxygen atoms in total. The quantitative estimate of drug-likeness (QED) is 0.459.